The van der Waals surface area contributed by atoms with Crippen LogP contribution in [0.15, 0.2) is 91.0 Å². The Morgan fingerprint density at radius 1 is 0.524 bits per heavy atom. The Bertz CT molecular complexity index is 2730. The minimum absolute atomic E-state index is 0.0255. The second-order valence-corrected chi connectivity index (χ2v) is 25.9. The van der Waals surface area contributed by atoms with Crippen LogP contribution < -0.4 is 26.2 Å². The molecule has 2 nitrogen and oxygen atoms in total. The van der Waals surface area contributed by atoms with Crippen LogP contribution >= 0.6 is 0 Å². The van der Waals surface area contributed by atoms with Gasteiger partial charge in [0.2, 0.25) is 0 Å². The fourth-order valence-electron chi connectivity index (χ4n) is 16.5. The lowest BCUT2D eigenvalue weighted by atomic mass is 9.33. The number of benzene rings is 5. The molecule has 7 bridgehead atoms. The van der Waals surface area contributed by atoms with Crippen LogP contribution in [-0.2, 0) is 27.1 Å². The van der Waals surface area contributed by atoms with Crippen LogP contribution in [0.5, 0.6) is 0 Å². The van der Waals surface area contributed by atoms with E-state index in [4.69, 9.17) is 0 Å². The normalized spacial score (nSPS) is 30.7. The Balaban J connectivity index is 1.11. The molecule has 0 aromatic heterocycles. The van der Waals surface area contributed by atoms with Crippen molar-refractivity contribution in [3.63, 3.8) is 0 Å². The molecule has 5 aromatic carbocycles. The van der Waals surface area contributed by atoms with Gasteiger partial charge in [-0.05, 0) is 213 Å². The molecule has 3 heteroatoms. The van der Waals surface area contributed by atoms with Crippen molar-refractivity contribution in [1.82, 2.24) is 0 Å². The molecule has 9 aliphatic rings. The van der Waals surface area contributed by atoms with E-state index in [-0.39, 0.29) is 33.8 Å². The summed E-state index contributed by atoms with van der Waals surface area (Å²) in [7, 11) is 0. The molecule has 2 heterocycles. The van der Waals surface area contributed by atoms with Crippen LogP contribution in [0.3, 0.4) is 0 Å². The standard InChI is InChI=1S/C60H69BN2/c1-34-12-20-50-48(24-34)61-49-27-37(57(5,6)7)15-21-51(49)63(40-18-19-46-47(30-40)59(10,11)23-22-58(46,8)9)53-29-38(28-52(55(53)61)62(50)39-16-13-36(14-17-39)56(2,3)4)60-31-43-41-25-35-26-42(43)45(33-60)54(35)44(41)32-60/h12-21,24,27-30,35,41-45,54H,22-23,25-26,31-33H2,1-11H3/t35?,41-,42-,43?,44?,45?,54?,60?/m1/s1. The van der Waals surface area contributed by atoms with Crippen molar-refractivity contribution in [1.29, 1.82) is 0 Å². The SMILES string of the molecule is Cc1ccc2c(c1)B1c3cc(C(C)(C)C)ccc3N(c3ccc4c(c3)C(C)(C)CCC4(C)C)c3cc(C45CC6C7C8C[C@@H]6C(C4)[C@@H](C8)C7C5)cc(c31)N2c1ccc(C(C)(C)C)cc1. The van der Waals surface area contributed by atoms with Gasteiger partial charge in [-0.1, -0.05) is 117 Å². The Hall–Kier alpha value is -4.24. The second-order valence-electron chi connectivity index (χ2n) is 25.9. The van der Waals surface area contributed by atoms with Crippen LogP contribution in [0, 0.1) is 48.3 Å². The lowest BCUT2D eigenvalue weighted by molar-refractivity contribution is -0.0938. The van der Waals surface area contributed by atoms with E-state index in [9.17, 15) is 0 Å². The van der Waals surface area contributed by atoms with E-state index in [0.717, 1.165) is 41.4 Å². The summed E-state index contributed by atoms with van der Waals surface area (Å²) in [5.41, 5.74) is 22.0. The molecule has 6 fully saturated rings. The molecule has 0 amide bonds. The van der Waals surface area contributed by atoms with Gasteiger partial charge in [0.25, 0.3) is 6.71 Å². The van der Waals surface area contributed by atoms with Gasteiger partial charge in [0.15, 0.2) is 0 Å². The second kappa shape index (κ2) is 12.4. The molecule has 7 aliphatic carbocycles. The highest BCUT2D eigenvalue weighted by atomic mass is 15.2. The maximum atomic E-state index is 2.79. The largest absolute Gasteiger partial charge is 0.311 e. The molecule has 2 unspecified atom stereocenters. The monoisotopic (exact) mass is 829 g/mol. The zero-order valence-corrected chi connectivity index (χ0v) is 40.1. The highest BCUT2D eigenvalue weighted by Gasteiger charge is 2.71. The first kappa shape index (κ1) is 39.2. The van der Waals surface area contributed by atoms with Gasteiger partial charge in [0.1, 0.15) is 0 Å². The van der Waals surface area contributed by atoms with E-state index < -0.39 is 0 Å². The Kier molecular flexibility index (Phi) is 7.68. The third-order valence-electron chi connectivity index (χ3n) is 19.5. The van der Waals surface area contributed by atoms with Crippen molar-refractivity contribution >= 4 is 57.2 Å². The van der Waals surface area contributed by atoms with Gasteiger partial charge in [0.05, 0.1) is 0 Å². The van der Waals surface area contributed by atoms with Crippen molar-refractivity contribution in [2.45, 2.75) is 148 Å². The van der Waals surface area contributed by atoms with E-state index in [2.05, 4.69) is 177 Å². The van der Waals surface area contributed by atoms with E-state index in [1.54, 1.807) is 18.4 Å². The minimum Gasteiger partial charge on any atom is -0.311 e. The fourth-order valence-corrected chi connectivity index (χ4v) is 16.5. The summed E-state index contributed by atoms with van der Waals surface area (Å²) in [5, 5.41) is 0. The third kappa shape index (κ3) is 5.26. The number of aryl methyl sites for hydroxylation is 1. The zero-order chi connectivity index (χ0) is 43.5. The van der Waals surface area contributed by atoms with Crippen molar-refractivity contribution < 1.29 is 0 Å². The number of anilines is 6. The van der Waals surface area contributed by atoms with E-state index in [1.165, 1.54) is 110 Å². The van der Waals surface area contributed by atoms with Crippen molar-refractivity contribution in [2.75, 3.05) is 9.80 Å². The predicted molar refractivity (Wildman–Crippen MR) is 267 cm³/mol. The van der Waals surface area contributed by atoms with Crippen molar-refractivity contribution in [2.24, 2.45) is 41.4 Å². The summed E-state index contributed by atoms with van der Waals surface area (Å²) in [6.45, 7) is 26.5. The minimum atomic E-state index is 0.0255. The Morgan fingerprint density at radius 2 is 1.06 bits per heavy atom. The van der Waals surface area contributed by atoms with Crippen LogP contribution in [0.25, 0.3) is 0 Å². The molecule has 5 aromatic rings. The molecule has 322 valence electrons. The first-order valence-electron chi connectivity index (χ1n) is 25.1. The Labute approximate surface area is 379 Å². The third-order valence-corrected chi connectivity index (χ3v) is 19.5. The van der Waals surface area contributed by atoms with Gasteiger partial charge in [-0.25, -0.2) is 0 Å². The first-order valence-corrected chi connectivity index (χ1v) is 25.1. The van der Waals surface area contributed by atoms with Gasteiger partial charge in [-0.2, -0.15) is 0 Å². The lowest BCUT2D eigenvalue weighted by Gasteiger charge is -2.62. The predicted octanol–water partition coefficient (Wildman–Crippen LogP) is 13.6. The van der Waals surface area contributed by atoms with Gasteiger partial charge in [0, 0.05) is 34.1 Å². The zero-order valence-electron chi connectivity index (χ0n) is 40.1. The lowest BCUT2D eigenvalue weighted by Crippen LogP contribution is -2.62. The maximum absolute atomic E-state index is 2.79. The molecule has 0 radical (unpaired) electrons. The van der Waals surface area contributed by atoms with E-state index in [1.807, 2.05) is 0 Å². The summed E-state index contributed by atoms with van der Waals surface area (Å²) in [4.78, 5) is 5.47. The van der Waals surface area contributed by atoms with Gasteiger partial charge >= 0.3 is 0 Å². The highest BCUT2D eigenvalue weighted by molar-refractivity contribution is 7.00. The molecule has 63 heavy (non-hydrogen) atoms. The molecule has 14 rings (SSSR count). The average Bonchev–Trinajstić information content (AvgIpc) is 3.76. The van der Waals surface area contributed by atoms with Crippen LogP contribution in [0.1, 0.15) is 148 Å². The average molecular weight is 829 g/mol. The molecule has 0 spiro atoms. The molecule has 0 saturated heterocycles. The number of fused-ring (bicyclic) bond motifs is 5. The smallest absolute Gasteiger partial charge is 0.252 e. The van der Waals surface area contributed by atoms with E-state index in [0.29, 0.717) is 0 Å². The molecular weight excluding hydrogens is 759 g/mol. The number of hydrogen-bond acceptors (Lipinski definition) is 2. The fraction of sp³-hybridized carbons (Fsp3) is 0.500. The Morgan fingerprint density at radius 3 is 1.70 bits per heavy atom. The topological polar surface area (TPSA) is 6.48 Å². The first-order chi connectivity index (χ1) is 29.8. The van der Waals surface area contributed by atoms with Gasteiger partial charge in [-0.15, -0.1) is 0 Å². The number of nitrogens with zero attached hydrogens (tertiary/aromatic N) is 2. The van der Waals surface area contributed by atoms with Crippen LogP contribution in [-0.4, -0.2) is 6.71 Å². The van der Waals surface area contributed by atoms with E-state index >= 15 is 0 Å². The summed E-state index contributed by atoms with van der Waals surface area (Å²) < 4.78 is 0. The summed E-state index contributed by atoms with van der Waals surface area (Å²) in [6.07, 6.45) is 9.74. The van der Waals surface area contributed by atoms with Crippen molar-refractivity contribution in [3.05, 3.63) is 124 Å². The number of hydrogen-bond donors (Lipinski definition) is 0. The van der Waals surface area contributed by atoms with Gasteiger partial charge < -0.3 is 9.80 Å². The number of rotatable bonds is 3. The van der Waals surface area contributed by atoms with Gasteiger partial charge in [-0.3, -0.25) is 0 Å². The molecule has 6 saturated carbocycles. The molecule has 4 atom stereocenters. The molecule has 2 aliphatic heterocycles. The van der Waals surface area contributed by atoms with Crippen LogP contribution in [0.4, 0.5) is 34.1 Å². The summed E-state index contributed by atoms with van der Waals surface area (Å²) in [6, 6.07) is 37.8. The van der Waals surface area contributed by atoms with Crippen molar-refractivity contribution in [3.8, 4) is 0 Å². The highest BCUT2D eigenvalue weighted by Crippen LogP contribution is 2.78. The quantitative estimate of drug-likeness (QED) is 0.164. The van der Waals surface area contributed by atoms with Crippen LogP contribution in [0.2, 0.25) is 0 Å². The summed E-state index contributed by atoms with van der Waals surface area (Å²) >= 11 is 0. The molecular formula is C60H69BN2. The summed E-state index contributed by atoms with van der Waals surface area (Å²) in [5.74, 6) is 6.86. The molecule has 0 N–H and O–H groups in total. The maximum Gasteiger partial charge on any atom is 0.252 e.